The Morgan fingerprint density at radius 3 is 3.09 bits per heavy atom. The van der Waals surface area contributed by atoms with E-state index in [4.69, 9.17) is 0 Å². The standard InChI is InChI=1S/C16H19N5O2/c1-19-14-6-7-20(9-12(14)18-16(19)23)15(22)10-21-13-5-3-2-4-11(13)8-17-21/h2-5,8,12,14H,6-7,9-10H2,1H3,(H,18,23)/t12-,14+/m1/s1. The van der Waals surface area contributed by atoms with Gasteiger partial charge in [-0.2, -0.15) is 5.10 Å². The Hall–Kier alpha value is -2.57. The first-order valence-electron chi connectivity index (χ1n) is 7.85. The van der Waals surface area contributed by atoms with Gasteiger partial charge in [0.15, 0.2) is 0 Å². The Morgan fingerprint density at radius 1 is 1.39 bits per heavy atom. The van der Waals surface area contributed by atoms with Crippen LogP contribution in [-0.2, 0) is 11.3 Å². The quantitative estimate of drug-likeness (QED) is 0.885. The molecule has 0 bridgehead atoms. The van der Waals surface area contributed by atoms with E-state index in [9.17, 15) is 9.59 Å². The largest absolute Gasteiger partial charge is 0.339 e. The number of benzene rings is 1. The molecule has 0 aliphatic carbocycles. The average Bonchev–Trinajstić information content (AvgIpc) is 3.09. The molecule has 2 aliphatic heterocycles. The van der Waals surface area contributed by atoms with Crippen LogP contribution in [0, 0.1) is 0 Å². The van der Waals surface area contributed by atoms with Gasteiger partial charge in [-0.05, 0) is 12.5 Å². The van der Waals surface area contributed by atoms with Crippen molar-refractivity contribution in [2.75, 3.05) is 20.1 Å². The van der Waals surface area contributed by atoms with Crippen molar-refractivity contribution >= 4 is 22.8 Å². The minimum Gasteiger partial charge on any atom is -0.339 e. The summed E-state index contributed by atoms with van der Waals surface area (Å²) in [6.45, 7) is 1.48. The second kappa shape index (κ2) is 5.26. The molecule has 3 amide bonds. The van der Waals surface area contributed by atoms with Crippen molar-refractivity contribution in [3.63, 3.8) is 0 Å². The first-order valence-corrected chi connectivity index (χ1v) is 7.85. The molecule has 7 heteroatoms. The number of likely N-dealkylation sites (N-methyl/N-ethyl adjacent to an activating group) is 1. The minimum absolute atomic E-state index is 0.0274. The highest BCUT2D eigenvalue weighted by atomic mass is 16.2. The Balaban J connectivity index is 1.47. The zero-order chi connectivity index (χ0) is 16.0. The van der Waals surface area contributed by atoms with E-state index in [1.165, 1.54) is 0 Å². The lowest BCUT2D eigenvalue weighted by Crippen LogP contribution is -2.53. The highest BCUT2D eigenvalue weighted by Gasteiger charge is 2.41. The molecule has 2 saturated heterocycles. The Morgan fingerprint density at radius 2 is 2.22 bits per heavy atom. The highest BCUT2D eigenvalue weighted by molar-refractivity contribution is 5.82. The van der Waals surface area contributed by atoms with Crippen molar-refractivity contribution in [3.8, 4) is 0 Å². The third kappa shape index (κ3) is 2.32. The third-order valence-corrected chi connectivity index (χ3v) is 4.89. The molecule has 1 aromatic heterocycles. The molecule has 0 unspecified atom stereocenters. The van der Waals surface area contributed by atoms with E-state index in [1.807, 2.05) is 36.2 Å². The summed E-state index contributed by atoms with van der Waals surface area (Å²) in [5.74, 6) is 0.0427. The molecule has 1 N–H and O–H groups in total. The monoisotopic (exact) mass is 313 g/mol. The van der Waals surface area contributed by atoms with E-state index in [0.717, 1.165) is 17.3 Å². The van der Waals surface area contributed by atoms with Gasteiger partial charge in [-0.1, -0.05) is 18.2 Å². The van der Waals surface area contributed by atoms with Crippen LogP contribution < -0.4 is 5.32 Å². The molecular weight excluding hydrogens is 294 g/mol. The number of carbonyl (C=O) groups is 2. The fourth-order valence-corrected chi connectivity index (χ4v) is 3.56. The first-order chi connectivity index (χ1) is 11.1. The number of fused-ring (bicyclic) bond motifs is 2. The van der Waals surface area contributed by atoms with Crippen LogP contribution in [0.4, 0.5) is 4.79 Å². The molecule has 0 saturated carbocycles. The molecule has 120 valence electrons. The molecule has 23 heavy (non-hydrogen) atoms. The van der Waals surface area contributed by atoms with Crippen LogP contribution in [0.1, 0.15) is 6.42 Å². The van der Waals surface area contributed by atoms with Gasteiger partial charge in [0, 0.05) is 25.5 Å². The molecule has 2 aliphatic rings. The van der Waals surface area contributed by atoms with Crippen LogP contribution in [0.15, 0.2) is 30.5 Å². The fourth-order valence-electron chi connectivity index (χ4n) is 3.56. The molecule has 7 nitrogen and oxygen atoms in total. The van der Waals surface area contributed by atoms with Gasteiger partial charge in [-0.25, -0.2) is 4.79 Å². The lowest BCUT2D eigenvalue weighted by molar-refractivity contribution is -0.133. The van der Waals surface area contributed by atoms with Crippen LogP contribution in [-0.4, -0.2) is 63.7 Å². The lowest BCUT2D eigenvalue weighted by atomic mass is 10.0. The Bertz CT molecular complexity index is 771. The number of likely N-dealkylation sites (tertiary alicyclic amines) is 1. The fraction of sp³-hybridized carbons (Fsp3) is 0.438. The predicted octanol–water partition coefficient (Wildman–Crippen LogP) is 0.661. The summed E-state index contributed by atoms with van der Waals surface area (Å²) in [5, 5.41) is 8.29. The van der Waals surface area contributed by atoms with E-state index in [-0.39, 0.29) is 30.6 Å². The molecule has 1 aromatic carbocycles. The van der Waals surface area contributed by atoms with Crippen molar-refractivity contribution in [2.45, 2.75) is 25.0 Å². The summed E-state index contributed by atoms with van der Waals surface area (Å²) < 4.78 is 1.74. The van der Waals surface area contributed by atoms with Gasteiger partial charge in [0.25, 0.3) is 0 Å². The molecule has 2 atom stereocenters. The minimum atomic E-state index is -0.0487. The van der Waals surface area contributed by atoms with Crippen molar-refractivity contribution < 1.29 is 9.59 Å². The van der Waals surface area contributed by atoms with Crippen molar-refractivity contribution in [1.82, 2.24) is 24.9 Å². The molecule has 2 aromatic rings. The van der Waals surface area contributed by atoms with E-state index in [1.54, 1.807) is 15.8 Å². The van der Waals surface area contributed by atoms with Crippen LogP contribution in [0.5, 0.6) is 0 Å². The summed E-state index contributed by atoms with van der Waals surface area (Å²) in [4.78, 5) is 27.9. The molecular formula is C16H19N5O2. The van der Waals surface area contributed by atoms with Crippen molar-refractivity contribution in [3.05, 3.63) is 30.5 Å². The number of hydrogen-bond acceptors (Lipinski definition) is 3. The number of urea groups is 1. The lowest BCUT2D eigenvalue weighted by Gasteiger charge is -2.35. The zero-order valence-corrected chi connectivity index (χ0v) is 13.0. The molecule has 0 radical (unpaired) electrons. The topological polar surface area (TPSA) is 70.5 Å². The number of aromatic nitrogens is 2. The van der Waals surface area contributed by atoms with E-state index >= 15 is 0 Å². The van der Waals surface area contributed by atoms with Crippen LogP contribution in [0.3, 0.4) is 0 Å². The van der Waals surface area contributed by atoms with Crippen molar-refractivity contribution in [1.29, 1.82) is 0 Å². The summed E-state index contributed by atoms with van der Waals surface area (Å²) >= 11 is 0. The maximum atomic E-state index is 12.6. The second-order valence-corrected chi connectivity index (χ2v) is 6.22. The molecule has 4 rings (SSSR count). The average molecular weight is 313 g/mol. The number of para-hydroxylation sites is 1. The van der Waals surface area contributed by atoms with Gasteiger partial charge in [0.1, 0.15) is 6.54 Å². The van der Waals surface area contributed by atoms with Gasteiger partial charge in [0.2, 0.25) is 5.91 Å². The number of piperidine rings is 1. The number of carbonyl (C=O) groups excluding carboxylic acids is 2. The molecule has 0 spiro atoms. The molecule has 3 heterocycles. The summed E-state index contributed by atoms with van der Waals surface area (Å²) in [6, 6.07) is 8.02. The number of nitrogens with zero attached hydrogens (tertiary/aromatic N) is 4. The maximum absolute atomic E-state index is 12.6. The number of nitrogens with one attached hydrogen (secondary N) is 1. The zero-order valence-electron chi connectivity index (χ0n) is 13.0. The second-order valence-electron chi connectivity index (χ2n) is 6.22. The smallest absolute Gasteiger partial charge is 0.317 e. The number of amides is 3. The van der Waals surface area contributed by atoms with E-state index in [0.29, 0.717) is 13.1 Å². The van der Waals surface area contributed by atoms with Gasteiger partial charge in [-0.15, -0.1) is 0 Å². The predicted molar refractivity (Wildman–Crippen MR) is 84.8 cm³/mol. The van der Waals surface area contributed by atoms with Gasteiger partial charge >= 0.3 is 6.03 Å². The summed E-state index contributed by atoms with van der Waals surface area (Å²) in [7, 11) is 1.81. The number of rotatable bonds is 2. The van der Waals surface area contributed by atoms with E-state index in [2.05, 4.69) is 10.4 Å². The first kappa shape index (κ1) is 14.0. The normalized spacial score (nSPS) is 24.0. The van der Waals surface area contributed by atoms with Gasteiger partial charge in [-0.3, -0.25) is 9.48 Å². The van der Waals surface area contributed by atoms with Crippen LogP contribution in [0.25, 0.3) is 10.9 Å². The molecule has 2 fully saturated rings. The SMILES string of the molecule is CN1C(=O)N[C@@H]2CN(C(=O)Cn3ncc4ccccc43)CC[C@@H]21. The third-order valence-electron chi connectivity index (χ3n) is 4.89. The maximum Gasteiger partial charge on any atom is 0.317 e. The van der Waals surface area contributed by atoms with E-state index < -0.39 is 0 Å². The van der Waals surface area contributed by atoms with Crippen LogP contribution >= 0.6 is 0 Å². The summed E-state index contributed by atoms with van der Waals surface area (Å²) in [6.07, 6.45) is 2.59. The Labute approximate surface area is 133 Å². The highest BCUT2D eigenvalue weighted by Crippen LogP contribution is 2.22. The number of hydrogen-bond donors (Lipinski definition) is 1. The van der Waals surface area contributed by atoms with Crippen LogP contribution in [0.2, 0.25) is 0 Å². The summed E-state index contributed by atoms with van der Waals surface area (Å²) in [5.41, 5.74) is 0.963. The van der Waals surface area contributed by atoms with Gasteiger partial charge in [0.05, 0.1) is 23.8 Å². The van der Waals surface area contributed by atoms with Crippen molar-refractivity contribution in [2.24, 2.45) is 0 Å². The van der Waals surface area contributed by atoms with Gasteiger partial charge < -0.3 is 15.1 Å². The Kier molecular flexibility index (Phi) is 3.21.